The number of para-hydroxylation sites is 1. The summed E-state index contributed by atoms with van der Waals surface area (Å²) < 4.78 is 16.3. The minimum atomic E-state index is -0.310. The fraction of sp³-hybridized carbons (Fsp3) is 0.500. The van der Waals surface area contributed by atoms with Gasteiger partial charge in [-0.3, -0.25) is 4.79 Å². The summed E-state index contributed by atoms with van der Waals surface area (Å²) in [5.74, 6) is 1.48. The van der Waals surface area contributed by atoms with Crippen LogP contribution in [-0.2, 0) is 9.53 Å². The van der Waals surface area contributed by atoms with Gasteiger partial charge in [-0.15, -0.1) is 0 Å². The number of carbonyl (C=O) groups excluding carboxylic acids is 2. The van der Waals surface area contributed by atoms with Gasteiger partial charge in [0.2, 0.25) is 12.7 Å². The quantitative estimate of drug-likeness (QED) is 0.564. The van der Waals surface area contributed by atoms with Crippen molar-refractivity contribution in [2.75, 3.05) is 37.7 Å². The lowest BCUT2D eigenvalue weighted by atomic mass is 9.81. The maximum Gasteiger partial charge on any atom is 0.319 e. The van der Waals surface area contributed by atoms with Crippen molar-refractivity contribution in [3.63, 3.8) is 0 Å². The van der Waals surface area contributed by atoms with Crippen molar-refractivity contribution < 1.29 is 23.8 Å². The molecule has 3 N–H and O–H groups in total. The van der Waals surface area contributed by atoms with Gasteiger partial charge in [0.15, 0.2) is 11.5 Å². The Balaban J connectivity index is 1.18. The molecule has 0 radical (unpaired) electrons. The molecule has 2 aromatic carbocycles. The molecule has 2 aromatic rings. The topological polar surface area (TPSA) is 101 Å². The second kappa shape index (κ2) is 10.1. The summed E-state index contributed by atoms with van der Waals surface area (Å²) in [6.45, 7) is 1.50. The predicted molar refractivity (Wildman–Crippen MR) is 139 cm³/mol. The van der Waals surface area contributed by atoms with Crippen LogP contribution >= 0.6 is 0 Å². The van der Waals surface area contributed by atoms with Crippen molar-refractivity contribution in [1.82, 2.24) is 10.2 Å². The zero-order valence-electron chi connectivity index (χ0n) is 21.1. The third-order valence-electron chi connectivity index (χ3n) is 8.24. The number of fused-ring (bicyclic) bond motifs is 4. The SMILES string of the molecule is COC[C@@H]1Nc2ccccc2[C@H]2[C@H]1CCN2C(=O)[C@H]1CCCC[C@H]1NC(=O)Nc1ccc2c(c1)OCO2. The summed E-state index contributed by atoms with van der Waals surface area (Å²) in [6.07, 6.45) is 4.49. The summed E-state index contributed by atoms with van der Waals surface area (Å²) in [4.78, 5) is 29.1. The Labute approximate surface area is 216 Å². The standard InChI is InChI=1S/C28H34N4O5/c1-35-15-23-19-12-13-32(26(19)18-6-2-4-8-21(18)30-23)27(33)20-7-3-5-9-22(20)31-28(34)29-17-10-11-24-25(14-17)37-16-36-24/h2,4,6,8,10-11,14,19-20,22-23,26,30H,3,5,7,9,12-13,15-16H2,1H3,(H2,29,31,34)/t19-,20-,22+,23-,26-/m0/s1. The molecule has 1 aliphatic carbocycles. The molecule has 3 amide bonds. The van der Waals surface area contributed by atoms with Crippen LogP contribution in [0, 0.1) is 11.8 Å². The van der Waals surface area contributed by atoms with Gasteiger partial charge in [-0.2, -0.15) is 0 Å². The van der Waals surface area contributed by atoms with Crippen LogP contribution in [0.3, 0.4) is 0 Å². The Kier molecular flexibility index (Phi) is 6.54. The Bertz CT molecular complexity index is 1170. The smallest absolute Gasteiger partial charge is 0.319 e. The number of likely N-dealkylation sites (tertiary alicyclic amines) is 1. The zero-order chi connectivity index (χ0) is 25.4. The van der Waals surface area contributed by atoms with Gasteiger partial charge < -0.3 is 35.1 Å². The zero-order valence-corrected chi connectivity index (χ0v) is 21.1. The summed E-state index contributed by atoms with van der Waals surface area (Å²) >= 11 is 0. The van der Waals surface area contributed by atoms with E-state index < -0.39 is 0 Å². The molecule has 3 aliphatic heterocycles. The van der Waals surface area contributed by atoms with E-state index in [1.807, 2.05) is 12.1 Å². The highest BCUT2D eigenvalue weighted by Crippen LogP contribution is 2.47. The average Bonchev–Trinajstić information content (AvgIpc) is 3.56. The molecule has 2 fully saturated rings. The molecule has 9 nitrogen and oxygen atoms in total. The maximum atomic E-state index is 14.1. The minimum Gasteiger partial charge on any atom is -0.454 e. The number of amides is 3. The first-order valence-electron chi connectivity index (χ1n) is 13.2. The fourth-order valence-electron chi connectivity index (χ4n) is 6.54. The third-order valence-corrected chi connectivity index (χ3v) is 8.24. The second-order valence-electron chi connectivity index (χ2n) is 10.4. The van der Waals surface area contributed by atoms with Crippen molar-refractivity contribution in [2.24, 2.45) is 11.8 Å². The average molecular weight is 507 g/mol. The lowest BCUT2D eigenvalue weighted by Gasteiger charge is -2.41. The van der Waals surface area contributed by atoms with Crippen LogP contribution < -0.4 is 25.4 Å². The van der Waals surface area contributed by atoms with Gasteiger partial charge in [0.05, 0.1) is 24.6 Å². The molecule has 0 aromatic heterocycles. The van der Waals surface area contributed by atoms with E-state index in [4.69, 9.17) is 14.2 Å². The van der Waals surface area contributed by atoms with E-state index in [0.717, 1.165) is 44.3 Å². The van der Waals surface area contributed by atoms with Crippen molar-refractivity contribution in [3.05, 3.63) is 48.0 Å². The number of nitrogens with zero attached hydrogens (tertiary/aromatic N) is 1. The van der Waals surface area contributed by atoms with Gasteiger partial charge in [-0.25, -0.2) is 4.79 Å². The molecule has 3 heterocycles. The normalized spacial score (nSPS) is 27.6. The predicted octanol–water partition coefficient (Wildman–Crippen LogP) is 4.13. The lowest BCUT2D eigenvalue weighted by molar-refractivity contribution is -0.138. The van der Waals surface area contributed by atoms with Crippen LogP contribution in [0.15, 0.2) is 42.5 Å². The molecule has 5 atom stereocenters. The van der Waals surface area contributed by atoms with Crippen LogP contribution in [0.25, 0.3) is 0 Å². The first kappa shape index (κ1) is 23.9. The van der Waals surface area contributed by atoms with Gasteiger partial charge in [-0.1, -0.05) is 31.0 Å². The summed E-state index contributed by atoms with van der Waals surface area (Å²) in [5, 5.41) is 9.64. The fourth-order valence-corrected chi connectivity index (χ4v) is 6.54. The third kappa shape index (κ3) is 4.56. The number of rotatable bonds is 5. The largest absolute Gasteiger partial charge is 0.454 e. The van der Waals surface area contributed by atoms with Crippen molar-refractivity contribution in [2.45, 2.75) is 50.2 Å². The first-order chi connectivity index (χ1) is 18.1. The van der Waals surface area contributed by atoms with Crippen molar-refractivity contribution in [3.8, 4) is 11.5 Å². The first-order valence-corrected chi connectivity index (χ1v) is 13.2. The number of ether oxygens (including phenoxy) is 3. The lowest BCUT2D eigenvalue weighted by Crippen LogP contribution is -2.51. The summed E-state index contributed by atoms with van der Waals surface area (Å²) in [7, 11) is 1.72. The highest BCUT2D eigenvalue weighted by molar-refractivity contribution is 5.90. The molecule has 196 valence electrons. The minimum absolute atomic E-state index is 0.0233. The van der Waals surface area contributed by atoms with Crippen molar-refractivity contribution in [1.29, 1.82) is 0 Å². The molecular weight excluding hydrogens is 472 g/mol. The summed E-state index contributed by atoms with van der Waals surface area (Å²) in [5.41, 5.74) is 2.87. The highest BCUT2D eigenvalue weighted by Gasteiger charge is 2.48. The number of methoxy groups -OCH3 is 1. The highest BCUT2D eigenvalue weighted by atomic mass is 16.7. The molecule has 37 heavy (non-hydrogen) atoms. The summed E-state index contributed by atoms with van der Waals surface area (Å²) in [6, 6.07) is 13.3. The molecule has 0 bridgehead atoms. The Morgan fingerprint density at radius 1 is 1.08 bits per heavy atom. The van der Waals surface area contributed by atoms with Gasteiger partial charge in [0.1, 0.15) is 0 Å². The molecule has 0 spiro atoms. The van der Waals surface area contributed by atoms with E-state index >= 15 is 0 Å². The van der Waals surface area contributed by atoms with Gasteiger partial charge in [0.25, 0.3) is 0 Å². The van der Waals surface area contributed by atoms with E-state index in [-0.39, 0.29) is 42.8 Å². The van der Waals surface area contributed by atoms with E-state index in [9.17, 15) is 9.59 Å². The molecule has 4 aliphatic rings. The molecule has 1 saturated carbocycles. The van der Waals surface area contributed by atoms with E-state index in [1.54, 1.807) is 25.3 Å². The van der Waals surface area contributed by atoms with Crippen molar-refractivity contribution >= 4 is 23.3 Å². The molecule has 1 saturated heterocycles. The number of hydrogen-bond acceptors (Lipinski definition) is 6. The second-order valence-corrected chi connectivity index (χ2v) is 10.4. The number of urea groups is 1. The van der Waals surface area contributed by atoms with Gasteiger partial charge >= 0.3 is 6.03 Å². The van der Waals surface area contributed by atoms with Crippen LogP contribution in [-0.4, -0.2) is 56.0 Å². The van der Waals surface area contributed by atoms with Crippen LogP contribution in [0.4, 0.5) is 16.2 Å². The molecule has 6 rings (SSSR count). The van der Waals surface area contributed by atoms with Gasteiger partial charge in [-0.05, 0) is 43.0 Å². The Morgan fingerprint density at radius 3 is 2.81 bits per heavy atom. The van der Waals surface area contributed by atoms with E-state index in [0.29, 0.717) is 29.7 Å². The number of nitrogens with one attached hydrogen (secondary N) is 3. The van der Waals surface area contributed by atoms with Crippen LogP contribution in [0.5, 0.6) is 11.5 Å². The monoisotopic (exact) mass is 506 g/mol. The number of carbonyl (C=O) groups is 2. The number of anilines is 2. The van der Waals surface area contributed by atoms with E-state index in [1.165, 1.54) is 5.56 Å². The Morgan fingerprint density at radius 2 is 1.92 bits per heavy atom. The molecule has 9 heteroatoms. The molecular formula is C28H34N4O5. The molecule has 0 unspecified atom stereocenters. The number of hydrogen-bond donors (Lipinski definition) is 3. The Hall–Kier alpha value is -3.46. The van der Waals surface area contributed by atoms with Gasteiger partial charge in [0, 0.05) is 43.1 Å². The van der Waals surface area contributed by atoms with Crippen LogP contribution in [0.2, 0.25) is 0 Å². The van der Waals surface area contributed by atoms with E-state index in [2.05, 4.69) is 33.0 Å². The van der Waals surface area contributed by atoms with Crippen LogP contribution in [0.1, 0.15) is 43.7 Å². The maximum absolute atomic E-state index is 14.1. The number of benzene rings is 2.